The van der Waals surface area contributed by atoms with Crippen molar-refractivity contribution in [2.75, 3.05) is 19.6 Å². The summed E-state index contributed by atoms with van der Waals surface area (Å²) in [5.41, 5.74) is 0. The van der Waals surface area contributed by atoms with E-state index in [0.717, 1.165) is 26.1 Å². The van der Waals surface area contributed by atoms with Crippen LogP contribution in [0.15, 0.2) is 0 Å². The van der Waals surface area contributed by atoms with Gasteiger partial charge >= 0.3 is 0 Å². The quantitative estimate of drug-likeness (QED) is 0.709. The Morgan fingerprint density at radius 1 is 1.27 bits per heavy atom. The fourth-order valence-corrected chi connectivity index (χ4v) is 2.67. The highest BCUT2D eigenvalue weighted by Gasteiger charge is 2.28. The topological polar surface area (TPSA) is 32.3 Å². The third-order valence-electron chi connectivity index (χ3n) is 3.58. The summed E-state index contributed by atoms with van der Waals surface area (Å²) in [6.45, 7) is 5.20. The van der Waals surface area contributed by atoms with Crippen molar-refractivity contribution in [2.45, 2.75) is 45.1 Å². The van der Waals surface area contributed by atoms with Crippen LogP contribution in [-0.4, -0.2) is 36.5 Å². The van der Waals surface area contributed by atoms with Gasteiger partial charge in [-0.1, -0.05) is 13.3 Å². The molecule has 3 nitrogen and oxygen atoms in total. The van der Waals surface area contributed by atoms with Crippen molar-refractivity contribution in [3.05, 3.63) is 0 Å². The largest absolute Gasteiger partial charge is 0.341 e. The van der Waals surface area contributed by atoms with Gasteiger partial charge in [-0.25, -0.2) is 0 Å². The lowest BCUT2D eigenvalue weighted by Crippen LogP contribution is -2.51. The first-order chi connectivity index (χ1) is 7.27. The minimum Gasteiger partial charge on any atom is -0.341 e. The number of likely N-dealkylation sites (tertiary alicyclic amines) is 1. The van der Waals surface area contributed by atoms with Gasteiger partial charge < -0.3 is 10.2 Å². The van der Waals surface area contributed by atoms with Crippen LogP contribution < -0.4 is 5.32 Å². The molecule has 1 unspecified atom stereocenters. The minimum atomic E-state index is 0.115. The van der Waals surface area contributed by atoms with Crippen LogP contribution >= 0.6 is 0 Å². The molecule has 0 bridgehead atoms. The molecule has 2 atom stereocenters. The first-order valence-electron chi connectivity index (χ1n) is 6.29. The molecule has 15 heavy (non-hydrogen) atoms. The lowest BCUT2D eigenvalue weighted by atomic mass is 9.98. The smallest absolute Gasteiger partial charge is 0.239 e. The van der Waals surface area contributed by atoms with E-state index in [1.165, 1.54) is 25.7 Å². The predicted molar refractivity (Wildman–Crippen MR) is 60.6 cm³/mol. The van der Waals surface area contributed by atoms with Gasteiger partial charge in [0, 0.05) is 13.1 Å². The highest BCUT2D eigenvalue weighted by molar-refractivity contribution is 5.82. The van der Waals surface area contributed by atoms with E-state index in [1.807, 2.05) is 0 Å². The average molecular weight is 210 g/mol. The highest BCUT2D eigenvalue weighted by atomic mass is 16.2. The van der Waals surface area contributed by atoms with Crippen molar-refractivity contribution in [2.24, 2.45) is 5.92 Å². The Labute approximate surface area is 92.2 Å². The zero-order chi connectivity index (χ0) is 10.7. The molecule has 0 aromatic heterocycles. The molecule has 2 aliphatic rings. The van der Waals surface area contributed by atoms with Crippen LogP contribution in [-0.2, 0) is 4.79 Å². The molecule has 1 N–H and O–H groups in total. The molecule has 86 valence electrons. The van der Waals surface area contributed by atoms with Crippen molar-refractivity contribution in [1.82, 2.24) is 10.2 Å². The summed E-state index contributed by atoms with van der Waals surface area (Å²) in [4.78, 5) is 14.2. The summed E-state index contributed by atoms with van der Waals surface area (Å²) in [7, 11) is 0. The number of nitrogens with zero attached hydrogens (tertiary/aromatic N) is 1. The minimum absolute atomic E-state index is 0.115. The predicted octanol–water partition coefficient (Wildman–Crippen LogP) is 1.39. The summed E-state index contributed by atoms with van der Waals surface area (Å²) in [5, 5.41) is 3.34. The summed E-state index contributed by atoms with van der Waals surface area (Å²) in [5.74, 6) is 1.03. The number of carbonyl (C=O) groups excluding carboxylic acids is 1. The first-order valence-corrected chi connectivity index (χ1v) is 6.29. The van der Waals surface area contributed by atoms with Crippen LogP contribution in [0.3, 0.4) is 0 Å². The number of hydrogen-bond acceptors (Lipinski definition) is 2. The van der Waals surface area contributed by atoms with E-state index in [-0.39, 0.29) is 6.04 Å². The zero-order valence-corrected chi connectivity index (χ0v) is 9.67. The number of carbonyl (C=O) groups is 1. The van der Waals surface area contributed by atoms with Crippen LogP contribution in [0.2, 0.25) is 0 Å². The zero-order valence-electron chi connectivity index (χ0n) is 9.67. The van der Waals surface area contributed by atoms with Gasteiger partial charge in [-0.2, -0.15) is 0 Å². The summed E-state index contributed by atoms with van der Waals surface area (Å²) in [6, 6.07) is 0.115. The molecule has 0 aliphatic carbocycles. The normalized spacial score (nSPS) is 32.7. The number of rotatable bonds is 1. The second kappa shape index (κ2) is 4.97. The van der Waals surface area contributed by atoms with Gasteiger partial charge in [0.05, 0.1) is 6.04 Å². The van der Waals surface area contributed by atoms with E-state index in [0.29, 0.717) is 11.8 Å². The fourth-order valence-electron chi connectivity index (χ4n) is 2.67. The summed E-state index contributed by atoms with van der Waals surface area (Å²) >= 11 is 0. The van der Waals surface area contributed by atoms with Crippen LogP contribution in [0.1, 0.15) is 39.0 Å². The van der Waals surface area contributed by atoms with Crippen molar-refractivity contribution in [3.63, 3.8) is 0 Å². The van der Waals surface area contributed by atoms with Gasteiger partial charge in [0.2, 0.25) is 5.91 Å². The van der Waals surface area contributed by atoms with Crippen molar-refractivity contribution < 1.29 is 4.79 Å². The van der Waals surface area contributed by atoms with Crippen LogP contribution in [0, 0.1) is 5.92 Å². The van der Waals surface area contributed by atoms with Crippen molar-refractivity contribution in [3.8, 4) is 0 Å². The molecule has 0 aromatic carbocycles. The van der Waals surface area contributed by atoms with Crippen LogP contribution in [0.25, 0.3) is 0 Å². The third kappa shape index (κ3) is 2.71. The van der Waals surface area contributed by atoms with E-state index in [9.17, 15) is 4.79 Å². The maximum absolute atomic E-state index is 12.2. The highest BCUT2D eigenvalue weighted by Crippen LogP contribution is 2.18. The standard InChI is InChI=1S/C12H22N2O/c1-10-5-4-8-14(9-10)12(15)11-6-2-3-7-13-11/h10-11,13H,2-9H2,1H3/t10?,11-/m1/s1. The SMILES string of the molecule is CC1CCCN(C(=O)[C@H]2CCCCN2)C1. The summed E-state index contributed by atoms with van der Waals surface area (Å²) < 4.78 is 0. The second-order valence-corrected chi connectivity index (χ2v) is 5.03. The maximum Gasteiger partial charge on any atom is 0.239 e. The second-order valence-electron chi connectivity index (χ2n) is 5.03. The molecule has 2 fully saturated rings. The monoisotopic (exact) mass is 210 g/mol. The van der Waals surface area contributed by atoms with E-state index >= 15 is 0 Å². The summed E-state index contributed by atoms with van der Waals surface area (Å²) in [6.07, 6.45) is 5.91. The Morgan fingerprint density at radius 2 is 2.13 bits per heavy atom. The average Bonchev–Trinajstić information content (AvgIpc) is 2.29. The Morgan fingerprint density at radius 3 is 2.80 bits per heavy atom. The first kappa shape index (κ1) is 10.9. The van der Waals surface area contributed by atoms with Gasteiger partial charge in [-0.3, -0.25) is 4.79 Å². The molecule has 0 radical (unpaired) electrons. The fraction of sp³-hybridized carbons (Fsp3) is 0.917. The van der Waals surface area contributed by atoms with Crippen LogP contribution in [0.5, 0.6) is 0 Å². The number of amides is 1. The molecule has 0 spiro atoms. The van der Waals surface area contributed by atoms with E-state index in [4.69, 9.17) is 0 Å². The van der Waals surface area contributed by atoms with Gasteiger partial charge in [-0.05, 0) is 38.1 Å². The number of nitrogens with one attached hydrogen (secondary N) is 1. The molecule has 0 aromatic rings. The van der Waals surface area contributed by atoms with E-state index in [2.05, 4.69) is 17.1 Å². The molecule has 2 rings (SSSR count). The molecule has 1 amide bonds. The molecule has 2 aliphatic heterocycles. The van der Waals surface area contributed by atoms with Gasteiger partial charge in [-0.15, -0.1) is 0 Å². The molecule has 0 saturated carbocycles. The Hall–Kier alpha value is -0.570. The Balaban J connectivity index is 1.88. The van der Waals surface area contributed by atoms with Crippen molar-refractivity contribution in [1.29, 1.82) is 0 Å². The Bertz CT molecular complexity index is 224. The molecule has 2 saturated heterocycles. The maximum atomic E-state index is 12.2. The van der Waals surface area contributed by atoms with Crippen LogP contribution in [0.4, 0.5) is 0 Å². The van der Waals surface area contributed by atoms with E-state index in [1.54, 1.807) is 0 Å². The molecule has 3 heteroatoms. The van der Waals surface area contributed by atoms with Gasteiger partial charge in [0.25, 0.3) is 0 Å². The molecular formula is C12H22N2O. The number of hydrogen-bond donors (Lipinski definition) is 1. The molecule has 2 heterocycles. The molecular weight excluding hydrogens is 188 g/mol. The lowest BCUT2D eigenvalue weighted by molar-refractivity contribution is -0.135. The lowest BCUT2D eigenvalue weighted by Gasteiger charge is -2.35. The number of piperidine rings is 2. The third-order valence-corrected chi connectivity index (χ3v) is 3.58. The van der Waals surface area contributed by atoms with Gasteiger partial charge in [0.1, 0.15) is 0 Å². The van der Waals surface area contributed by atoms with Gasteiger partial charge in [0.15, 0.2) is 0 Å². The van der Waals surface area contributed by atoms with Crippen molar-refractivity contribution >= 4 is 5.91 Å². The van der Waals surface area contributed by atoms with E-state index < -0.39 is 0 Å². The Kier molecular flexibility index (Phi) is 3.62.